The number of nitrogens with one attached hydrogen (secondary N) is 1. The minimum absolute atomic E-state index is 0.353. The molecule has 0 aliphatic carbocycles. The van der Waals surface area contributed by atoms with Crippen LogP contribution in [0.4, 0.5) is 0 Å². The van der Waals surface area contributed by atoms with E-state index in [-0.39, 0.29) is 6.29 Å². The first-order valence-corrected chi connectivity index (χ1v) is 20.7. The van der Waals surface area contributed by atoms with Gasteiger partial charge in [0.1, 0.15) is 0 Å². The van der Waals surface area contributed by atoms with Crippen molar-refractivity contribution in [2.45, 2.75) is 6.29 Å². The molecule has 1 unspecified atom stereocenters. The number of fused-ring (bicyclic) bond motifs is 19. The van der Waals surface area contributed by atoms with E-state index in [9.17, 15) is 0 Å². The number of hydrogen-bond donors (Lipinski definition) is 1. The number of aromatic nitrogens is 1. The Labute approximate surface area is 320 Å². The molecule has 4 aromatic heterocycles. The van der Waals surface area contributed by atoms with E-state index in [2.05, 4.69) is 162 Å². The van der Waals surface area contributed by atoms with Gasteiger partial charge in [0.2, 0.25) is 6.29 Å². The average Bonchev–Trinajstić information content (AvgIpc) is 3.99. The van der Waals surface area contributed by atoms with Crippen LogP contribution in [0.3, 0.4) is 0 Å². The molecule has 1 aliphatic rings. The summed E-state index contributed by atoms with van der Waals surface area (Å²) in [6.07, 6.45) is -0.353. The second-order valence-electron chi connectivity index (χ2n) is 14.2. The van der Waals surface area contributed by atoms with Gasteiger partial charge in [-0.1, -0.05) is 115 Å². The van der Waals surface area contributed by atoms with E-state index in [1.807, 2.05) is 34.0 Å². The molecule has 0 spiro atoms. The quantitative estimate of drug-likeness (QED) is 0.188. The third kappa shape index (κ3) is 3.82. The summed E-state index contributed by atoms with van der Waals surface area (Å²) in [7, 11) is 0. The van der Waals surface area contributed by atoms with Crippen LogP contribution in [0, 0.1) is 0 Å². The number of hydrogen-bond acceptors (Lipinski definition) is 5. The zero-order chi connectivity index (χ0) is 35.1. The molecule has 54 heavy (non-hydrogen) atoms. The smallest absolute Gasteiger partial charge is 0.201 e. The molecule has 1 atom stereocenters. The van der Waals surface area contributed by atoms with Crippen LogP contribution in [0.1, 0.15) is 11.9 Å². The molecule has 5 heterocycles. The van der Waals surface area contributed by atoms with E-state index in [4.69, 9.17) is 4.99 Å². The minimum Gasteiger partial charge on any atom is -0.345 e. The highest BCUT2D eigenvalue weighted by atomic mass is 32.1. The van der Waals surface area contributed by atoms with Crippen molar-refractivity contribution in [1.82, 2.24) is 9.88 Å². The van der Waals surface area contributed by atoms with Crippen molar-refractivity contribution < 1.29 is 0 Å². The van der Waals surface area contributed by atoms with E-state index in [1.165, 1.54) is 93.1 Å². The standard InChI is InChI=1S/C48H27N3S3/c1-2-12-26(13-3-1)44-27-14-4-8-18-33(27)49-48(50-44)51-34-19-9-5-15-28(34)39-31-22-24-37-40(42(31)43-30-17-7-11-21-36(30)53-47(43)45(39)51)32-23-25-38-41(46(32)54-37)29-16-6-10-20-35(29)52-38/h1-25,48,50H. The van der Waals surface area contributed by atoms with Crippen LogP contribution in [-0.4, -0.2) is 4.57 Å². The van der Waals surface area contributed by atoms with Gasteiger partial charge in [-0.15, -0.1) is 34.0 Å². The van der Waals surface area contributed by atoms with E-state index < -0.39 is 0 Å². The Morgan fingerprint density at radius 1 is 0.444 bits per heavy atom. The predicted octanol–water partition coefficient (Wildman–Crippen LogP) is 12.6. The van der Waals surface area contributed by atoms with E-state index in [1.54, 1.807) is 0 Å². The summed E-state index contributed by atoms with van der Waals surface area (Å²) in [5.74, 6) is 0. The molecular formula is C48H27N3S3. The van der Waals surface area contributed by atoms with Gasteiger partial charge in [-0.05, 0) is 47.3 Å². The zero-order valence-electron chi connectivity index (χ0n) is 28.6. The lowest BCUT2D eigenvalue weighted by molar-refractivity contribution is 0.490. The Hall–Kier alpha value is -6.05. The third-order valence-corrected chi connectivity index (χ3v) is 14.9. The maximum Gasteiger partial charge on any atom is 0.201 e. The van der Waals surface area contributed by atoms with Crippen LogP contribution in [0.2, 0.25) is 0 Å². The monoisotopic (exact) mass is 741 g/mol. The van der Waals surface area contributed by atoms with E-state index >= 15 is 0 Å². The summed E-state index contributed by atoms with van der Waals surface area (Å²) in [6.45, 7) is 0. The van der Waals surface area contributed by atoms with Gasteiger partial charge in [0.05, 0.1) is 26.8 Å². The Balaban J connectivity index is 1.22. The lowest BCUT2D eigenvalue weighted by Gasteiger charge is -2.25. The Morgan fingerprint density at radius 3 is 1.94 bits per heavy atom. The topological polar surface area (TPSA) is 29.3 Å². The highest BCUT2D eigenvalue weighted by Gasteiger charge is 2.28. The highest BCUT2D eigenvalue weighted by Crippen LogP contribution is 2.53. The summed E-state index contributed by atoms with van der Waals surface area (Å²) in [5, 5.41) is 19.4. The highest BCUT2D eigenvalue weighted by molar-refractivity contribution is 7.30. The average molecular weight is 742 g/mol. The number of benzene rings is 8. The second-order valence-corrected chi connectivity index (χ2v) is 17.4. The SMILES string of the molecule is c1ccc(C2=c3ccccc3=NC(n3c4ccccc4c4c5ccc6sc7c(ccc8sc9ccccc9c87)c6c5c5c6ccccc6sc5c43)N2)cc1. The molecule has 0 bridgehead atoms. The Morgan fingerprint density at radius 2 is 1.09 bits per heavy atom. The molecule has 6 heteroatoms. The largest absolute Gasteiger partial charge is 0.345 e. The molecule has 0 saturated carbocycles. The molecule has 0 fully saturated rings. The maximum absolute atomic E-state index is 5.47. The first-order chi connectivity index (χ1) is 26.8. The second kappa shape index (κ2) is 10.8. The first-order valence-electron chi connectivity index (χ1n) is 18.2. The Bertz CT molecular complexity index is 3710. The zero-order valence-corrected chi connectivity index (χ0v) is 31.1. The van der Waals surface area contributed by atoms with Gasteiger partial charge < -0.3 is 5.32 Å². The summed E-state index contributed by atoms with van der Waals surface area (Å²) >= 11 is 5.76. The number of para-hydroxylation sites is 2. The van der Waals surface area contributed by atoms with Crippen LogP contribution in [0.5, 0.6) is 0 Å². The molecular weight excluding hydrogens is 715 g/mol. The van der Waals surface area contributed by atoms with Crippen LogP contribution < -0.4 is 15.9 Å². The summed E-state index contributed by atoms with van der Waals surface area (Å²) in [6, 6.07) is 55.6. The molecule has 1 aliphatic heterocycles. The molecule has 12 aromatic rings. The number of thiophene rings is 3. The lowest BCUT2D eigenvalue weighted by atomic mass is 9.95. The van der Waals surface area contributed by atoms with Gasteiger partial charge in [-0.25, -0.2) is 4.99 Å². The normalized spacial score (nSPS) is 14.7. The van der Waals surface area contributed by atoms with Gasteiger partial charge in [0.25, 0.3) is 0 Å². The Kier molecular flexibility index (Phi) is 5.86. The van der Waals surface area contributed by atoms with Crippen molar-refractivity contribution in [2.24, 2.45) is 4.99 Å². The van der Waals surface area contributed by atoms with Crippen molar-refractivity contribution in [3.8, 4) is 0 Å². The molecule has 3 nitrogen and oxygen atoms in total. The molecule has 1 N–H and O–H groups in total. The van der Waals surface area contributed by atoms with E-state index in [0.29, 0.717) is 0 Å². The first kappa shape index (κ1) is 29.4. The molecule has 8 aromatic carbocycles. The maximum atomic E-state index is 5.47. The van der Waals surface area contributed by atoms with Gasteiger partial charge in [0.15, 0.2) is 0 Å². The summed E-state index contributed by atoms with van der Waals surface area (Å²) in [4.78, 5) is 5.47. The van der Waals surface area contributed by atoms with Crippen LogP contribution in [-0.2, 0) is 0 Å². The number of nitrogens with zero attached hydrogens (tertiary/aromatic N) is 2. The van der Waals surface area contributed by atoms with E-state index in [0.717, 1.165) is 21.8 Å². The van der Waals surface area contributed by atoms with Gasteiger partial charge in [-0.3, -0.25) is 4.57 Å². The fraction of sp³-hybridized carbons (Fsp3) is 0.0208. The van der Waals surface area contributed by atoms with Crippen molar-refractivity contribution in [3.05, 3.63) is 168 Å². The van der Waals surface area contributed by atoms with Crippen molar-refractivity contribution >= 4 is 133 Å². The number of rotatable bonds is 2. The van der Waals surface area contributed by atoms with Gasteiger partial charge in [-0.2, -0.15) is 0 Å². The predicted molar refractivity (Wildman–Crippen MR) is 234 cm³/mol. The third-order valence-electron chi connectivity index (χ3n) is 11.4. The lowest BCUT2D eigenvalue weighted by Crippen LogP contribution is -2.41. The summed E-state index contributed by atoms with van der Waals surface area (Å²) < 4.78 is 10.5. The molecule has 0 amide bonds. The van der Waals surface area contributed by atoms with Crippen molar-refractivity contribution in [1.29, 1.82) is 0 Å². The fourth-order valence-corrected chi connectivity index (χ4v) is 12.9. The molecule has 252 valence electrons. The van der Waals surface area contributed by atoms with Crippen molar-refractivity contribution in [2.75, 3.05) is 0 Å². The molecule has 0 saturated heterocycles. The van der Waals surface area contributed by atoms with Crippen LogP contribution in [0.25, 0.3) is 98.8 Å². The van der Waals surface area contributed by atoms with Crippen LogP contribution >= 0.6 is 34.0 Å². The molecule has 0 radical (unpaired) electrons. The van der Waals surface area contributed by atoms with Gasteiger partial charge in [0, 0.05) is 77.2 Å². The van der Waals surface area contributed by atoms with Crippen LogP contribution in [0.15, 0.2) is 157 Å². The van der Waals surface area contributed by atoms with Crippen molar-refractivity contribution in [3.63, 3.8) is 0 Å². The minimum atomic E-state index is -0.353. The summed E-state index contributed by atoms with van der Waals surface area (Å²) in [5.41, 5.74) is 4.66. The fourth-order valence-electron chi connectivity index (χ4n) is 9.21. The molecule has 13 rings (SSSR count). The van der Waals surface area contributed by atoms with Gasteiger partial charge >= 0.3 is 0 Å².